The van der Waals surface area contributed by atoms with E-state index in [1.807, 2.05) is 19.4 Å². The van der Waals surface area contributed by atoms with Crippen LogP contribution >= 0.6 is 11.9 Å². The van der Waals surface area contributed by atoms with E-state index in [2.05, 4.69) is 62.8 Å². The Morgan fingerprint density at radius 3 is 2.85 bits per heavy atom. The highest BCUT2D eigenvalue weighted by molar-refractivity contribution is 7.97. The second kappa shape index (κ2) is 8.81. The van der Waals surface area contributed by atoms with Gasteiger partial charge < -0.3 is 10.6 Å². The van der Waals surface area contributed by atoms with Crippen molar-refractivity contribution >= 4 is 23.3 Å². The standard InChI is InChI=1S/C22H28N4S/c1-23-27-19-7-8-21(22(14-19)25-15-17-9-11-24-12-10-17)26-20-4-2-3-16-5-6-18(20)13-16/h2,4,7-12,14,16,18,20,23,25-26H,3,5-6,13,15H2,1H3. The lowest BCUT2D eigenvalue weighted by Gasteiger charge is -2.24. The first-order chi connectivity index (χ1) is 13.3. The maximum Gasteiger partial charge on any atom is 0.0590 e. The summed E-state index contributed by atoms with van der Waals surface area (Å²) >= 11 is 1.64. The van der Waals surface area contributed by atoms with E-state index in [-0.39, 0.29) is 0 Å². The molecule has 4 rings (SSSR count). The highest BCUT2D eigenvalue weighted by Gasteiger charge is 2.31. The highest BCUT2D eigenvalue weighted by atomic mass is 32.2. The topological polar surface area (TPSA) is 49.0 Å². The summed E-state index contributed by atoms with van der Waals surface area (Å²) < 4.78 is 3.16. The predicted octanol–water partition coefficient (Wildman–Crippen LogP) is 5.08. The fraction of sp³-hybridized carbons (Fsp3) is 0.409. The van der Waals surface area contributed by atoms with Crippen molar-refractivity contribution in [3.63, 3.8) is 0 Å². The first kappa shape index (κ1) is 18.4. The minimum Gasteiger partial charge on any atom is -0.379 e. The average Bonchev–Trinajstić information content (AvgIpc) is 3.07. The Bertz CT molecular complexity index is 777. The minimum atomic E-state index is 0.432. The molecule has 0 radical (unpaired) electrons. The molecule has 1 fully saturated rings. The summed E-state index contributed by atoms with van der Waals surface area (Å²) in [6.07, 6.45) is 13.8. The third-order valence-electron chi connectivity index (χ3n) is 5.67. The summed E-state index contributed by atoms with van der Waals surface area (Å²) in [5.41, 5.74) is 3.57. The van der Waals surface area contributed by atoms with Gasteiger partial charge in [0.1, 0.15) is 0 Å². The van der Waals surface area contributed by atoms with Crippen molar-refractivity contribution < 1.29 is 0 Å². The zero-order valence-electron chi connectivity index (χ0n) is 15.8. The van der Waals surface area contributed by atoms with Crippen molar-refractivity contribution in [2.45, 2.75) is 43.2 Å². The van der Waals surface area contributed by atoms with Crippen LogP contribution in [0.15, 0.2) is 59.8 Å². The molecule has 2 bridgehead atoms. The van der Waals surface area contributed by atoms with Gasteiger partial charge in [-0.2, -0.15) is 0 Å². The van der Waals surface area contributed by atoms with Crippen molar-refractivity contribution in [1.82, 2.24) is 9.71 Å². The molecule has 3 unspecified atom stereocenters. The van der Waals surface area contributed by atoms with Gasteiger partial charge in [0.2, 0.25) is 0 Å². The number of fused-ring (bicyclic) bond motifs is 2. The summed E-state index contributed by atoms with van der Waals surface area (Å²) in [5, 5.41) is 7.45. The van der Waals surface area contributed by atoms with Gasteiger partial charge in [-0.25, -0.2) is 0 Å². The smallest absolute Gasteiger partial charge is 0.0590 e. The molecule has 27 heavy (non-hydrogen) atoms. The molecule has 3 atom stereocenters. The zero-order valence-corrected chi connectivity index (χ0v) is 16.6. The molecule has 142 valence electrons. The Hall–Kier alpha value is -1.98. The van der Waals surface area contributed by atoms with Gasteiger partial charge in [0, 0.05) is 29.9 Å². The van der Waals surface area contributed by atoms with Gasteiger partial charge in [-0.3, -0.25) is 9.71 Å². The van der Waals surface area contributed by atoms with Crippen LogP contribution in [0.2, 0.25) is 0 Å². The molecule has 0 saturated heterocycles. The normalized spacial score (nSPS) is 23.8. The number of allylic oxidation sites excluding steroid dienone is 1. The largest absolute Gasteiger partial charge is 0.379 e. The maximum atomic E-state index is 4.10. The van der Waals surface area contributed by atoms with Gasteiger partial charge >= 0.3 is 0 Å². The van der Waals surface area contributed by atoms with Crippen LogP contribution in [0.3, 0.4) is 0 Å². The van der Waals surface area contributed by atoms with E-state index < -0.39 is 0 Å². The van der Waals surface area contributed by atoms with E-state index >= 15 is 0 Å². The lowest BCUT2D eigenvalue weighted by atomic mass is 9.97. The van der Waals surface area contributed by atoms with E-state index in [0.717, 1.165) is 24.1 Å². The number of aromatic nitrogens is 1. The van der Waals surface area contributed by atoms with E-state index in [1.165, 1.54) is 41.8 Å². The van der Waals surface area contributed by atoms with Crippen LogP contribution < -0.4 is 15.4 Å². The summed E-state index contributed by atoms with van der Waals surface area (Å²) in [7, 11) is 1.95. The summed E-state index contributed by atoms with van der Waals surface area (Å²) in [6.45, 7) is 0.789. The van der Waals surface area contributed by atoms with Crippen molar-refractivity contribution in [2.75, 3.05) is 17.7 Å². The molecular formula is C22H28N4S. The highest BCUT2D eigenvalue weighted by Crippen LogP contribution is 2.40. The number of hydrogen-bond donors (Lipinski definition) is 3. The number of nitrogens with zero attached hydrogens (tertiary/aromatic N) is 1. The van der Waals surface area contributed by atoms with Crippen LogP contribution in [0.5, 0.6) is 0 Å². The SMILES string of the molecule is CNSc1ccc(NC2C=CCC3CCC2C3)c(NCc2ccncc2)c1. The Labute approximate surface area is 166 Å². The second-order valence-corrected chi connectivity index (χ2v) is 8.58. The molecule has 2 aliphatic carbocycles. The molecule has 3 N–H and O–H groups in total. The Morgan fingerprint density at radius 1 is 1.11 bits per heavy atom. The number of anilines is 2. The zero-order chi connectivity index (χ0) is 18.5. The van der Waals surface area contributed by atoms with Crippen LogP contribution in [0.1, 0.15) is 31.2 Å². The summed E-state index contributed by atoms with van der Waals surface area (Å²) in [4.78, 5) is 5.31. The monoisotopic (exact) mass is 380 g/mol. The van der Waals surface area contributed by atoms with Crippen LogP contribution in [0.4, 0.5) is 11.4 Å². The van der Waals surface area contributed by atoms with Gasteiger partial charge in [0.25, 0.3) is 0 Å². The van der Waals surface area contributed by atoms with E-state index in [9.17, 15) is 0 Å². The Morgan fingerprint density at radius 2 is 2.00 bits per heavy atom. The molecular weight excluding hydrogens is 352 g/mol. The van der Waals surface area contributed by atoms with Gasteiger partial charge in [0.15, 0.2) is 0 Å². The van der Waals surface area contributed by atoms with Crippen molar-refractivity contribution in [1.29, 1.82) is 0 Å². The molecule has 1 aromatic heterocycles. The number of nitrogens with one attached hydrogen (secondary N) is 3. The first-order valence-corrected chi connectivity index (χ1v) is 10.7. The van der Waals surface area contributed by atoms with Gasteiger partial charge in [-0.1, -0.05) is 12.2 Å². The maximum absolute atomic E-state index is 4.10. The molecule has 1 heterocycles. The first-order valence-electron chi connectivity index (χ1n) is 9.85. The van der Waals surface area contributed by atoms with Crippen LogP contribution in [-0.2, 0) is 6.54 Å². The fourth-order valence-electron chi connectivity index (χ4n) is 4.25. The third-order valence-corrected chi connectivity index (χ3v) is 6.36. The van der Waals surface area contributed by atoms with Gasteiger partial charge in [-0.05, 0) is 92.4 Å². The third kappa shape index (κ3) is 4.66. The molecule has 1 aromatic carbocycles. The lowest BCUT2D eigenvalue weighted by Crippen LogP contribution is -2.25. The molecule has 0 amide bonds. The number of benzene rings is 1. The van der Waals surface area contributed by atoms with Crippen LogP contribution in [-0.4, -0.2) is 18.1 Å². The second-order valence-electron chi connectivity index (χ2n) is 7.50. The molecule has 0 aliphatic heterocycles. The number of rotatable bonds is 7. The van der Waals surface area contributed by atoms with Crippen molar-refractivity contribution in [3.8, 4) is 0 Å². The average molecular weight is 381 g/mol. The van der Waals surface area contributed by atoms with E-state index in [4.69, 9.17) is 0 Å². The Kier molecular flexibility index (Phi) is 6.00. The molecule has 1 saturated carbocycles. The summed E-state index contributed by atoms with van der Waals surface area (Å²) in [5.74, 6) is 1.66. The van der Waals surface area contributed by atoms with Gasteiger partial charge in [-0.15, -0.1) is 0 Å². The number of hydrogen-bond acceptors (Lipinski definition) is 5. The van der Waals surface area contributed by atoms with Crippen molar-refractivity contribution in [2.24, 2.45) is 11.8 Å². The van der Waals surface area contributed by atoms with E-state index in [1.54, 1.807) is 11.9 Å². The molecule has 5 heteroatoms. The predicted molar refractivity (Wildman–Crippen MR) is 115 cm³/mol. The van der Waals surface area contributed by atoms with Gasteiger partial charge in [0.05, 0.1) is 11.4 Å². The fourth-order valence-corrected chi connectivity index (χ4v) is 4.80. The lowest BCUT2D eigenvalue weighted by molar-refractivity contribution is 0.487. The molecule has 4 nitrogen and oxygen atoms in total. The summed E-state index contributed by atoms with van der Waals surface area (Å²) in [6, 6.07) is 11.2. The minimum absolute atomic E-state index is 0.432. The van der Waals surface area contributed by atoms with Crippen LogP contribution in [0.25, 0.3) is 0 Å². The van der Waals surface area contributed by atoms with Crippen LogP contribution in [0, 0.1) is 11.8 Å². The van der Waals surface area contributed by atoms with E-state index in [0.29, 0.717) is 6.04 Å². The Balaban J connectivity index is 1.53. The molecule has 0 spiro atoms. The molecule has 2 aliphatic rings. The van der Waals surface area contributed by atoms with Crippen molar-refractivity contribution in [3.05, 3.63) is 60.4 Å². The molecule has 2 aromatic rings. The quantitative estimate of drug-likeness (QED) is 0.462. The number of pyridine rings is 1.